The Hall–Kier alpha value is -0.900. The first-order valence-corrected chi connectivity index (χ1v) is 6.96. The first-order chi connectivity index (χ1) is 8.55. The molecule has 0 aliphatic carbocycles. The van der Waals surface area contributed by atoms with Gasteiger partial charge in [0.1, 0.15) is 5.82 Å². The maximum Gasteiger partial charge on any atom is 0.129 e. The van der Waals surface area contributed by atoms with Crippen LogP contribution in [-0.2, 0) is 12.0 Å². The molecule has 1 unspecified atom stereocenters. The van der Waals surface area contributed by atoms with Crippen LogP contribution < -0.4 is 0 Å². The molecular formula is C14H14ClFOS. The Labute approximate surface area is 115 Å². The van der Waals surface area contributed by atoms with Crippen molar-refractivity contribution in [3.63, 3.8) is 0 Å². The van der Waals surface area contributed by atoms with Gasteiger partial charge in [0.05, 0.1) is 9.94 Å². The summed E-state index contributed by atoms with van der Waals surface area (Å²) in [4.78, 5) is 0.951. The van der Waals surface area contributed by atoms with Crippen molar-refractivity contribution in [3.8, 4) is 0 Å². The minimum Gasteiger partial charge on any atom is -0.385 e. The van der Waals surface area contributed by atoms with Gasteiger partial charge in [-0.25, -0.2) is 4.39 Å². The van der Waals surface area contributed by atoms with Crippen LogP contribution in [0.2, 0.25) is 4.34 Å². The Morgan fingerprint density at radius 3 is 2.56 bits per heavy atom. The monoisotopic (exact) mass is 284 g/mol. The highest BCUT2D eigenvalue weighted by Gasteiger charge is 2.30. The molecule has 1 N–H and O–H groups in total. The van der Waals surface area contributed by atoms with Gasteiger partial charge in [-0.05, 0) is 24.6 Å². The summed E-state index contributed by atoms with van der Waals surface area (Å²) in [5.41, 5.74) is -0.837. The number of hydrogen-bond donors (Lipinski definition) is 1. The molecule has 0 aliphatic heterocycles. The minimum atomic E-state index is -1.18. The fourth-order valence-electron chi connectivity index (χ4n) is 1.98. The van der Waals surface area contributed by atoms with Gasteiger partial charge in [-0.1, -0.05) is 36.7 Å². The summed E-state index contributed by atoms with van der Waals surface area (Å²) in [6, 6.07) is 10.0. The van der Waals surface area contributed by atoms with Crippen molar-refractivity contribution < 1.29 is 9.50 Å². The first kappa shape index (κ1) is 13.5. The molecule has 0 amide bonds. The Morgan fingerprint density at radius 1 is 1.28 bits per heavy atom. The summed E-state index contributed by atoms with van der Waals surface area (Å²) >= 11 is 7.29. The van der Waals surface area contributed by atoms with E-state index in [1.54, 1.807) is 24.3 Å². The molecular weight excluding hydrogens is 271 g/mol. The molecule has 0 fully saturated rings. The number of rotatable bonds is 4. The van der Waals surface area contributed by atoms with Gasteiger partial charge < -0.3 is 5.11 Å². The van der Waals surface area contributed by atoms with E-state index < -0.39 is 5.60 Å². The second-order valence-corrected chi connectivity index (χ2v) is 6.05. The van der Waals surface area contributed by atoms with E-state index in [0.29, 0.717) is 22.7 Å². The topological polar surface area (TPSA) is 20.2 Å². The maximum atomic E-state index is 13.8. The van der Waals surface area contributed by atoms with Gasteiger partial charge in [-0.2, -0.15) is 0 Å². The predicted octanol–water partition coefficient (Wildman–Crippen LogP) is 4.38. The van der Waals surface area contributed by atoms with Gasteiger partial charge in [0.25, 0.3) is 0 Å². The van der Waals surface area contributed by atoms with E-state index in [2.05, 4.69) is 0 Å². The molecule has 18 heavy (non-hydrogen) atoms. The minimum absolute atomic E-state index is 0.344. The van der Waals surface area contributed by atoms with Crippen molar-refractivity contribution >= 4 is 22.9 Å². The summed E-state index contributed by atoms with van der Waals surface area (Å²) in [7, 11) is 0. The SMILES string of the molecule is CCC(O)(Cc1ccc(Cl)s1)c1ccccc1F. The Morgan fingerprint density at radius 2 is 2.00 bits per heavy atom. The molecule has 96 valence electrons. The zero-order valence-corrected chi connectivity index (χ0v) is 11.6. The molecule has 1 nitrogen and oxygen atoms in total. The molecule has 0 spiro atoms. The van der Waals surface area contributed by atoms with Crippen LogP contribution in [0.3, 0.4) is 0 Å². The molecule has 1 atom stereocenters. The zero-order valence-electron chi connectivity index (χ0n) is 9.99. The van der Waals surface area contributed by atoms with E-state index in [9.17, 15) is 9.50 Å². The van der Waals surface area contributed by atoms with E-state index in [-0.39, 0.29) is 5.82 Å². The number of benzene rings is 1. The van der Waals surface area contributed by atoms with Crippen molar-refractivity contribution in [2.45, 2.75) is 25.4 Å². The van der Waals surface area contributed by atoms with E-state index in [0.717, 1.165) is 4.88 Å². The number of thiophene rings is 1. The van der Waals surface area contributed by atoms with Gasteiger partial charge in [-0.3, -0.25) is 0 Å². The lowest BCUT2D eigenvalue weighted by molar-refractivity contribution is 0.0300. The van der Waals surface area contributed by atoms with Gasteiger partial charge >= 0.3 is 0 Å². The Bertz CT molecular complexity index is 540. The molecule has 1 aromatic heterocycles. The third-order valence-electron chi connectivity index (χ3n) is 3.06. The van der Waals surface area contributed by atoms with Crippen molar-refractivity contribution in [2.75, 3.05) is 0 Å². The van der Waals surface area contributed by atoms with Crippen LogP contribution in [0.1, 0.15) is 23.8 Å². The summed E-state index contributed by atoms with van der Waals surface area (Å²) in [6.45, 7) is 1.85. The lowest BCUT2D eigenvalue weighted by Gasteiger charge is -2.27. The van der Waals surface area contributed by atoms with Crippen LogP contribution in [-0.4, -0.2) is 5.11 Å². The van der Waals surface area contributed by atoms with Crippen molar-refractivity contribution in [1.29, 1.82) is 0 Å². The molecule has 2 rings (SSSR count). The molecule has 1 aromatic carbocycles. The number of hydrogen-bond acceptors (Lipinski definition) is 2. The standard InChI is InChI=1S/C14H14ClFOS/c1-2-14(17,9-10-7-8-13(15)18-10)11-5-3-4-6-12(11)16/h3-8,17H,2,9H2,1H3. The highest BCUT2D eigenvalue weighted by molar-refractivity contribution is 7.16. The summed E-state index contributed by atoms with van der Waals surface area (Å²) in [5, 5.41) is 10.7. The smallest absolute Gasteiger partial charge is 0.129 e. The molecule has 0 saturated carbocycles. The number of aliphatic hydroxyl groups is 1. The molecule has 0 saturated heterocycles. The van der Waals surface area contributed by atoms with Gasteiger partial charge in [0, 0.05) is 16.9 Å². The van der Waals surface area contributed by atoms with Crippen LogP contribution in [0.25, 0.3) is 0 Å². The fraction of sp³-hybridized carbons (Fsp3) is 0.286. The van der Waals surface area contributed by atoms with Crippen LogP contribution in [0.4, 0.5) is 4.39 Å². The molecule has 0 aliphatic rings. The normalized spacial score (nSPS) is 14.4. The lowest BCUT2D eigenvalue weighted by Crippen LogP contribution is -2.28. The van der Waals surface area contributed by atoms with Gasteiger partial charge in [-0.15, -0.1) is 11.3 Å². The second kappa shape index (κ2) is 5.39. The average molecular weight is 285 g/mol. The van der Waals surface area contributed by atoms with E-state index in [4.69, 9.17) is 11.6 Å². The average Bonchev–Trinajstić information content (AvgIpc) is 2.75. The van der Waals surface area contributed by atoms with Crippen molar-refractivity contribution in [2.24, 2.45) is 0 Å². The van der Waals surface area contributed by atoms with Crippen LogP contribution in [0.15, 0.2) is 36.4 Å². The molecule has 0 radical (unpaired) electrons. The summed E-state index contributed by atoms with van der Waals surface area (Å²) < 4.78 is 14.5. The van der Waals surface area contributed by atoms with E-state index >= 15 is 0 Å². The van der Waals surface area contributed by atoms with Crippen LogP contribution >= 0.6 is 22.9 Å². The quantitative estimate of drug-likeness (QED) is 0.883. The van der Waals surface area contributed by atoms with Crippen LogP contribution in [0, 0.1) is 5.82 Å². The first-order valence-electron chi connectivity index (χ1n) is 5.77. The summed E-state index contributed by atoms with van der Waals surface area (Å²) in [5.74, 6) is -0.371. The Balaban J connectivity index is 2.33. The lowest BCUT2D eigenvalue weighted by atomic mass is 9.87. The fourth-order valence-corrected chi connectivity index (χ4v) is 3.18. The largest absolute Gasteiger partial charge is 0.385 e. The molecule has 2 aromatic rings. The third kappa shape index (κ3) is 2.74. The summed E-state index contributed by atoms with van der Waals surface area (Å²) in [6.07, 6.45) is 0.825. The maximum absolute atomic E-state index is 13.8. The van der Waals surface area contributed by atoms with Gasteiger partial charge in [0.15, 0.2) is 0 Å². The van der Waals surface area contributed by atoms with Gasteiger partial charge in [0.2, 0.25) is 0 Å². The van der Waals surface area contributed by atoms with Crippen LogP contribution in [0.5, 0.6) is 0 Å². The van der Waals surface area contributed by atoms with Crippen molar-refractivity contribution in [1.82, 2.24) is 0 Å². The highest BCUT2D eigenvalue weighted by Crippen LogP contribution is 2.34. The zero-order chi connectivity index (χ0) is 13.2. The Kier molecular flexibility index (Phi) is 4.05. The second-order valence-electron chi connectivity index (χ2n) is 4.25. The molecule has 4 heteroatoms. The van der Waals surface area contributed by atoms with E-state index in [1.165, 1.54) is 17.4 Å². The predicted molar refractivity (Wildman–Crippen MR) is 73.6 cm³/mol. The molecule has 1 heterocycles. The highest BCUT2D eigenvalue weighted by atomic mass is 35.5. The number of halogens is 2. The molecule has 0 bridgehead atoms. The van der Waals surface area contributed by atoms with Crippen molar-refractivity contribution in [3.05, 3.63) is 57.0 Å². The van der Waals surface area contributed by atoms with E-state index in [1.807, 2.05) is 13.0 Å². The third-order valence-corrected chi connectivity index (χ3v) is 4.29.